The summed E-state index contributed by atoms with van der Waals surface area (Å²) in [7, 11) is 0. The van der Waals surface area contributed by atoms with Crippen molar-refractivity contribution >= 4 is 0 Å². The van der Waals surface area contributed by atoms with E-state index in [-0.39, 0.29) is 18.2 Å². The van der Waals surface area contributed by atoms with E-state index in [0.717, 1.165) is 5.76 Å². The maximum absolute atomic E-state index is 13.3. The van der Waals surface area contributed by atoms with Crippen LogP contribution in [0.1, 0.15) is 24.3 Å². The van der Waals surface area contributed by atoms with Crippen LogP contribution in [0.5, 0.6) is 0 Å². The van der Waals surface area contributed by atoms with E-state index in [0.29, 0.717) is 0 Å². The van der Waals surface area contributed by atoms with E-state index in [1.165, 1.54) is 18.2 Å². The molecule has 0 saturated carbocycles. The summed E-state index contributed by atoms with van der Waals surface area (Å²) in [5.41, 5.74) is 0.0471. The molecule has 0 aliphatic rings. The fourth-order valence-corrected chi connectivity index (χ4v) is 1.59. The van der Waals surface area contributed by atoms with Gasteiger partial charge in [0.15, 0.2) is 0 Å². The van der Waals surface area contributed by atoms with Crippen LogP contribution in [0, 0.1) is 11.6 Å². The smallest absolute Gasteiger partial charge is 0.130 e. The first-order chi connectivity index (χ1) is 8.18. The van der Waals surface area contributed by atoms with Gasteiger partial charge in [-0.1, -0.05) is 6.07 Å². The standard InChI is InChI=1S/C13H13F2NO/c1-9(13-6-3-7-17-13)16-8-10-11(14)4-2-5-12(10)15/h2-7,9,16H,8H2,1H3/t9-/m1/s1. The number of hydrogen-bond acceptors (Lipinski definition) is 2. The Labute approximate surface area is 98.3 Å². The molecule has 4 heteroatoms. The van der Waals surface area contributed by atoms with E-state index >= 15 is 0 Å². The lowest BCUT2D eigenvalue weighted by atomic mass is 10.1. The van der Waals surface area contributed by atoms with Gasteiger partial charge in [0.1, 0.15) is 17.4 Å². The first-order valence-corrected chi connectivity index (χ1v) is 5.38. The molecule has 0 bridgehead atoms. The third-order valence-electron chi connectivity index (χ3n) is 2.62. The maximum atomic E-state index is 13.3. The predicted octanol–water partition coefficient (Wildman–Crippen LogP) is 3.41. The van der Waals surface area contributed by atoms with E-state index in [4.69, 9.17) is 4.42 Å². The lowest BCUT2D eigenvalue weighted by Crippen LogP contribution is -2.19. The van der Waals surface area contributed by atoms with Gasteiger partial charge >= 0.3 is 0 Å². The molecule has 0 unspecified atom stereocenters. The Morgan fingerprint density at radius 1 is 1.18 bits per heavy atom. The van der Waals surface area contributed by atoms with Gasteiger partial charge in [0, 0.05) is 12.1 Å². The van der Waals surface area contributed by atoms with Gasteiger partial charge in [-0.2, -0.15) is 0 Å². The Kier molecular flexibility index (Phi) is 3.54. The molecule has 0 amide bonds. The Balaban J connectivity index is 2.03. The summed E-state index contributed by atoms with van der Waals surface area (Å²) in [5.74, 6) is -0.338. The van der Waals surface area contributed by atoms with E-state index in [2.05, 4.69) is 5.32 Å². The van der Waals surface area contributed by atoms with Crippen LogP contribution in [0.15, 0.2) is 41.0 Å². The quantitative estimate of drug-likeness (QED) is 0.881. The molecule has 17 heavy (non-hydrogen) atoms. The van der Waals surface area contributed by atoms with Crippen molar-refractivity contribution in [3.63, 3.8) is 0 Å². The van der Waals surface area contributed by atoms with Crippen LogP contribution >= 0.6 is 0 Å². The average molecular weight is 237 g/mol. The van der Waals surface area contributed by atoms with Crippen molar-refractivity contribution in [2.45, 2.75) is 19.5 Å². The molecule has 1 N–H and O–H groups in total. The molecule has 0 aliphatic heterocycles. The fraction of sp³-hybridized carbons (Fsp3) is 0.231. The number of halogens is 2. The molecule has 0 saturated heterocycles. The summed E-state index contributed by atoms with van der Waals surface area (Å²) < 4.78 is 31.9. The minimum Gasteiger partial charge on any atom is -0.468 e. The van der Waals surface area contributed by atoms with Gasteiger partial charge in [-0.05, 0) is 31.2 Å². The summed E-state index contributed by atoms with van der Waals surface area (Å²) in [6.07, 6.45) is 1.57. The highest BCUT2D eigenvalue weighted by Crippen LogP contribution is 2.16. The Morgan fingerprint density at radius 3 is 2.47 bits per heavy atom. The van der Waals surface area contributed by atoms with Crippen molar-refractivity contribution in [3.8, 4) is 0 Å². The summed E-state index contributed by atoms with van der Waals surface area (Å²) in [5, 5.41) is 3.01. The zero-order chi connectivity index (χ0) is 12.3. The second-order valence-corrected chi connectivity index (χ2v) is 3.82. The highest BCUT2D eigenvalue weighted by Gasteiger charge is 2.11. The SMILES string of the molecule is C[C@@H](NCc1c(F)cccc1F)c1ccco1. The maximum Gasteiger partial charge on any atom is 0.130 e. The molecule has 1 atom stereocenters. The second-order valence-electron chi connectivity index (χ2n) is 3.82. The molecule has 0 aliphatic carbocycles. The molecule has 90 valence electrons. The van der Waals surface area contributed by atoms with Gasteiger partial charge in [0.2, 0.25) is 0 Å². The van der Waals surface area contributed by atoms with E-state index in [1.54, 1.807) is 12.3 Å². The number of nitrogens with one attached hydrogen (secondary N) is 1. The van der Waals surface area contributed by atoms with Crippen LogP contribution in [-0.4, -0.2) is 0 Å². The van der Waals surface area contributed by atoms with Gasteiger partial charge in [-0.15, -0.1) is 0 Å². The summed E-state index contributed by atoms with van der Waals surface area (Å²) in [6.45, 7) is 2.00. The highest BCUT2D eigenvalue weighted by atomic mass is 19.1. The van der Waals surface area contributed by atoms with Crippen molar-refractivity contribution < 1.29 is 13.2 Å². The first kappa shape index (κ1) is 11.8. The molecular weight excluding hydrogens is 224 g/mol. The van der Waals surface area contributed by atoms with Crippen molar-refractivity contribution in [1.82, 2.24) is 5.32 Å². The summed E-state index contributed by atoms with van der Waals surface area (Å²) >= 11 is 0. The second kappa shape index (κ2) is 5.10. The molecule has 1 aromatic carbocycles. The Morgan fingerprint density at radius 2 is 1.88 bits per heavy atom. The molecule has 0 spiro atoms. The third-order valence-corrected chi connectivity index (χ3v) is 2.62. The topological polar surface area (TPSA) is 25.2 Å². The van der Waals surface area contributed by atoms with Crippen LogP contribution in [0.4, 0.5) is 8.78 Å². The van der Waals surface area contributed by atoms with Gasteiger partial charge in [-0.25, -0.2) is 8.78 Å². The fourth-order valence-electron chi connectivity index (χ4n) is 1.59. The molecule has 2 aromatic rings. The highest BCUT2D eigenvalue weighted by molar-refractivity contribution is 5.19. The van der Waals surface area contributed by atoms with Crippen molar-refractivity contribution in [1.29, 1.82) is 0 Å². The molecule has 0 fully saturated rings. The average Bonchev–Trinajstić information content (AvgIpc) is 2.81. The zero-order valence-corrected chi connectivity index (χ0v) is 9.41. The van der Waals surface area contributed by atoms with Gasteiger partial charge in [0.25, 0.3) is 0 Å². The Hall–Kier alpha value is -1.68. The molecule has 0 radical (unpaired) electrons. The molecule has 1 aromatic heterocycles. The largest absolute Gasteiger partial charge is 0.468 e. The van der Waals surface area contributed by atoms with Crippen molar-refractivity contribution in [2.24, 2.45) is 0 Å². The molecule has 2 nitrogen and oxygen atoms in total. The minimum absolute atomic E-state index is 0.0471. The summed E-state index contributed by atoms with van der Waals surface area (Å²) in [6, 6.07) is 7.34. The predicted molar refractivity (Wildman–Crippen MR) is 60.3 cm³/mol. The third kappa shape index (κ3) is 2.71. The van der Waals surface area contributed by atoms with Crippen molar-refractivity contribution in [3.05, 3.63) is 59.6 Å². The first-order valence-electron chi connectivity index (χ1n) is 5.38. The number of benzene rings is 1. The van der Waals surface area contributed by atoms with E-state index in [9.17, 15) is 8.78 Å². The van der Waals surface area contributed by atoms with Crippen LogP contribution in [-0.2, 0) is 6.54 Å². The van der Waals surface area contributed by atoms with E-state index in [1.807, 2.05) is 13.0 Å². The van der Waals surface area contributed by atoms with Crippen LogP contribution in [0.2, 0.25) is 0 Å². The number of rotatable bonds is 4. The van der Waals surface area contributed by atoms with Gasteiger partial charge in [0.05, 0.1) is 12.3 Å². The lowest BCUT2D eigenvalue weighted by Gasteiger charge is -2.12. The Bertz CT molecular complexity index is 462. The molecule has 2 rings (SSSR count). The van der Waals surface area contributed by atoms with Gasteiger partial charge < -0.3 is 9.73 Å². The van der Waals surface area contributed by atoms with E-state index < -0.39 is 11.6 Å². The molecule has 1 heterocycles. The van der Waals surface area contributed by atoms with Crippen LogP contribution in [0.25, 0.3) is 0 Å². The van der Waals surface area contributed by atoms with Crippen molar-refractivity contribution in [2.75, 3.05) is 0 Å². The van der Waals surface area contributed by atoms with Crippen LogP contribution < -0.4 is 5.32 Å². The van der Waals surface area contributed by atoms with Crippen LogP contribution in [0.3, 0.4) is 0 Å². The molecular formula is C13H13F2NO. The normalized spacial score (nSPS) is 12.6. The zero-order valence-electron chi connectivity index (χ0n) is 9.41. The summed E-state index contributed by atoms with van der Waals surface area (Å²) in [4.78, 5) is 0. The number of hydrogen-bond donors (Lipinski definition) is 1. The number of furan rings is 1. The minimum atomic E-state index is -0.538. The van der Waals surface area contributed by atoms with Gasteiger partial charge in [-0.3, -0.25) is 0 Å². The lowest BCUT2D eigenvalue weighted by molar-refractivity contribution is 0.422. The monoisotopic (exact) mass is 237 g/mol.